The number of carbonyl (C=O) groups is 1. The number of fused-ring (bicyclic) bond motifs is 1. The molecule has 1 aliphatic carbocycles. The van der Waals surface area contributed by atoms with Gasteiger partial charge in [0.1, 0.15) is 23.4 Å². The number of hydrogen-bond donors (Lipinski definition) is 2. The van der Waals surface area contributed by atoms with Gasteiger partial charge in [-0.3, -0.25) is 4.79 Å². The summed E-state index contributed by atoms with van der Waals surface area (Å²) in [6.07, 6.45) is 8.17. The number of benzene rings is 1. The maximum Gasteiger partial charge on any atom is 0.225 e. The van der Waals surface area contributed by atoms with E-state index in [1.54, 1.807) is 0 Å². The molecule has 2 saturated heterocycles. The third-order valence-corrected chi connectivity index (χ3v) is 10.4. The summed E-state index contributed by atoms with van der Waals surface area (Å²) in [4.78, 5) is 22.3. The molecule has 0 spiro atoms. The van der Waals surface area contributed by atoms with Crippen molar-refractivity contribution in [1.29, 1.82) is 0 Å². The van der Waals surface area contributed by atoms with Gasteiger partial charge in [-0.15, -0.1) is 0 Å². The number of nitrogens with two attached hydrogens (primary N) is 1. The van der Waals surface area contributed by atoms with Crippen molar-refractivity contribution in [3.05, 3.63) is 52.3 Å². The fourth-order valence-electron chi connectivity index (χ4n) is 6.22. The lowest BCUT2D eigenvalue weighted by Crippen LogP contribution is -2.42. The van der Waals surface area contributed by atoms with Gasteiger partial charge in [-0.1, -0.05) is 12.6 Å². The molecule has 222 valence electrons. The average molecular weight is 582 g/mol. The van der Waals surface area contributed by atoms with E-state index >= 15 is 0 Å². The van der Waals surface area contributed by atoms with E-state index in [4.69, 9.17) is 20.2 Å². The van der Waals surface area contributed by atoms with Gasteiger partial charge in [0.05, 0.1) is 5.70 Å². The van der Waals surface area contributed by atoms with Crippen molar-refractivity contribution >= 4 is 22.9 Å². The van der Waals surface area contributed by atoms with Crippen molar-refractivity contribution in [3.63, 3.8) is 0 Å². The van der Waals surface area contributed by atoms with E-state index in [-0.39, 0.29) is 18.1 Å². The first-order valence-corrected chi connectivity index (χ1v) is 16.6. The van der Waals surface area contributed by atoms with Crippen molar-refractivity contribution in [2.45, 2.75) is 69.9 Å². The second-order valence-electron chi connectivity index (χ2n) is 11.9. The number of nitrogens with zero attached hydrogens (tertiary/aromatic N) is 3. The van der Waals surface area contributed by atoms with Crippen LogP contribution in [-0.2, 0) is 33.5 Å². The molecule has 3 fully saturated rings. The minimum Gasteiger partial charge on any atom is -0.611 e. The summed E-state index contributed by atoms with van der Waals surface area (Å²) >= 11 is -1.15. The first kappa shape index (κ1) is 28.4. The van der Waals surface area contributed by atoms with Gasteiger partial charge in [0.25, 0.3) is 0 Å². The van der Waals surface area contributed by atoms with Gasteiger partial charge < -0.3 is 34.9 Å². The summed E-state index contributed by atoms with van der Waals surface area (Å²) < 4.78 is 24.7. The Labute approximate surface area is 246 Å². The number of likely N-dealkylation sites (tertiary alicyclic amines) is 1. The SMILES string of the molecule is C=C(/N=C(/NC1CCOCC1)C1=C(N)CC[S+]1[O-])N1CCC(Oc2ccc3c(c2)CCN(C(=O)C2CC2)CC3)CC1. The summed E-state index contributed by atoms with van der Waals surface area (Å²) in [5.74, 6) is 3.35. The molecule has 6 rings (SSSR count). The molecule has 0 radical (unpaired) electrons. The van der Waals surface area contributed by atoms with Gasteiger partial charge in [-0.25, -0.2) is 4.99 Å². The number of nitrogens with one attached hydrogen (secondary N) is 1. The lowest BCUT2D eigenvalue weighted by Gasteiger charge is -2.34. The normalized spacial score (nSPS) is 24.7. The highest BCUT2D eigenvalue weighted by Gasteiger charge is 2.35. The van der Waals surface area contributed by atoms with Crippen LogP contribution in [0.4, 0.5) is 0 Å². The molecule has 41 heavy (non-hydrogen) atoms. The topological polar surface area (TPSA) is 115 Å². The number of ether oxygens (including phenoxy) is 2. The van der Waals surface area contributed by atoms with Crippen LogP contribution in [0.5, 0.6) is 5.75 Å². The van der Waals surface area contributed by atoms with Gasteiger partial charge in [0.15, 0.2) is 5.84 Å². The van der Waals surface area contributed by atoms with E-state index in [0.717, 1.165) is 83.3 Å². The van der Waals surface area contributed by atoms with Crippen LogP contribution in [0, 0.1) is 5.92 Å². The smallest absolute Gasteiger partial charge is 0.225 e. The quantitative estimate of drug-likeness (QED) is 0.289. The monoisotopic (exact) mass is 581 g/mol. The molecule has 0 bridgehead atoms. The molecular weight excluding hydrogens is 538 g/mol. The third-order valence-electron chi connectivity index (χ3n) is 8.92. The number of hydrogen-bond acceptors (Lipinski definition) is 7. The predicted octanol–water partition coefficient (Wildman–Crippen LogP) is 2.83. The molecule has 3 N–H and O–H groups in total. The second-order valence-corrected chi connectivity index (χ2v) is 13.4. The van der Waals surface area contributed by atoms with Crippen molar-refractivity contribution in [3.8, 4) is 5.75 Å². The van der Waals surface area contributed by atoms with E-state index < -0.39 is 11.2 Å². The third kappa shape index (κ3) is 6.87. The highest BCUT2D eigenvalue weighted by Crippen LogP contribution is 2.32. The number of amides is 1. The molecule has 1 saturated carbocycles. The molecule has 4 aliphatic heterocycles. The highest BCUT2D eigenvalue weighted by molar-refractivity contribution is 7.96. The molecule has 1 unspecified atom stereocenters. The Bertz CT molecular complexity index is 1200. The predicted molar refractivity (Wildman–Crippen MR) is 161 cm³/mol. The molecule has 4 heterocycles. The maximum atomic E-state index is 12.8. The number of rotatable bonds is 7. The van der Waals surface area contributed by atoms with E-state index in [0.29, 0.717) is 53.6 Å². The van der Waals surface area contributed by atoms with Gasteiger partial charge >= 0.3 is 0 Å². The first-order valence-electron chi connectivity index (χ1n) is 15.3. The molecule has 0 aromatic heterocycles. The molecule has 10 heteroatoms. The van der Waals surface area contributed by atoms with E-state index in [1.807, 2.05) is 0 Å². The second kappa shape index (κ2) is 12.7. The molecule has 9 nitrogen and oxygen atoms in total. The largest absolute Gasteiger partial charge is 0.611 e. The zero-order valence-electron chi connectivity index (χ0n) is 23.9. The summed E-state index contributed by atoms with van der Waals surface area (Å²) in [6, 6.07) is 6.67. The van der Waals surface area contributed by atoms with Crippen LogP contribution in [0.1, 0.15) is 56.1 Å². The Morgan fingerprint density at radius 2 is 1.76 bits per heavy atom. The number of piperidine rings is 1. The maximum absolute atomic E-state index is 12.8. The molecule has 1 aromatic carbocycles. The lowest BCUT2D eigenvalue weighted by molar-refractivity contribution is -0.132. The Morgan fingerprint density at radius 1 is 1.02 bits per heavy atom. The Kier molecular flexibility index (Phi) is 8.79. The highest BCUT2D eigenvalue weighted by atomic mass is 32.2. The van der Waals surface area contributed by atoms with Crippen molar-refractivity contribution in [2.75, 3.05) is 45.1 Å². The van der Waals surface area contributed by atoms with E-state index in [1.165, 1.54) is 11.1 Å². The lowest BCUT2D eigenvalue weighted by atomic mass is 10.0. The summed E-state index contributed by atoms with van der Waals surface area (Å²) in [6.45, 7) is 8.89. The van der Waals surface area contributed by atoms with Crippen LogP contribution in [0.25, 0.3) is 0 Å². The fraction of sp³-hybridized carbons (Fsp3) is 0.613. The van der Waals surface area contributed by atoms with Crippen LogP contribution < -0.4 is 15.8 Å². The van der Waals surface area contributed by atoms with Crippen LogP contribution in [0.15, 0.2) is 46.2 Å². The summed E-state index contributed by atoms with van der Waals surface area (Å²) in [7, 11) is 0. The Balaban J connectivity index is 1.05. The summed E-state index contributed by atoms with van der Waals surface area (Å²) in [5, 5.41) is 3.52. The minimum atomic E-state index is -1.15. The zero-order valence-corrected chi connectivity index (χ0v) is 24.8. The van der Waals surface area contributed by atoms with Crippen molar-refractivity contribution in [1.82, 2.24) is 15.1 Å². The van der Waals surface area contributed by atoms with Crippen LogP contribution in [-0.4, -0.2) is 83.4 Å². The molecule has 1 aromatic rings. The molecule has 5 aliphatic rings. The Hall–Kier alpha value is -2.69. The fourth-order valence-corrected chi connectivity index (χ4v) is 7.54. The van der Waals surface area contributed by atoms with Crippen LogP contribution >= 0.6 is 0 Å². The van der Waals surface area contributed by atoms with Gasteiger partial charge in [0, 0.05) is 70.6 Å². The van der Waals surface area contributed by atoms with Crippen molar-refractivity contribution in [2.24, 2.45) is 16.6 Å². The number of allylic oxidation sites excluding steroid dienone is 1. The van der Waals surface area contributed by atoms with E-state index in [9.17, 15) is 9.35 Å². The number of carbonyl (C=O) groups excluding carboxylic acids is 1. The minimum absolute atomic E-state index is 0.125. The molecular formula is C31H43N5O4S. The standard InChI is InChI=1S/C31H43N5O4S/c1-21(33-30(29-28(32)12-19-41(29)38)34-25-10-17-39-18-11-25)35-15-8-26(9-16-35)40-27-5-4-22-6-13-36(14-7-24(22)20-27)31(37)23-2-3-23/h4-5,20,23,25-26H,1-3,6-19,32H2,(H,33,34). The average Bonchev–Trinajstić information content (AvgIpc) is 3.80. The summed E-state index contributed by atoms with van der Waals surface area (Å²) in [5.41, 5.74) is 9.56. The van der Waals surface area contributed by atoms with Gasteiger partial charge in [-0.2, -0.15) is 0 Å². The van der Waals surface area contributed by atoms with Crippen LogP contribution in [0.2, 0.25) is 0 Å². The van der Waals surface area contributed by atoms with Crippen LogP contribution in [0.3, 0.4) is 0 Å². The number of aliphatic imine (C=N–C) groups is 1. The van der Waals surface area contributed by atoms with Gasteiger partial charge in [-0.05, 0) is 73.0 Å². The van der Waals surface area contributed by atoms with Crippen molar-refractivity contribution < 1.29 is 18.8 Å². The zero-order chi connectivity index (χ0) is 28.3. The number of amidine groups is 1. The Morgan fingerprint density at radius 3 is 2.44 bits per heavy atom. The molecule has 1 amide bonds. The van der Waals surface area contributed by atoms with Gasteiger partial charge in [0.2, 0.25) is 10.8 Å². The van der Waals surface area contributed by atoms with E-state index in [2.05, 4.69) is 39.9 Å². The first-order chi connectivity index (χ1) is 19.9. The molecule has 1 atom stereocenters.